The fraction of sp³-hybridized carbons (Fsp3) is 0.255. The number of nitrogens with one attached hydrogen (secondary N) is 1. The molecule has 8 rings (SSSR count). The van der Waals surface area contributed by atoms with Gasteiger partial charge in [-0.25, -0.2) is 9.78 Å². The minimum absolute atomic E-state index is 0.0213. The second-order valence-electron chi connectivity index (χ2n) is 15.2. The van der Waals surface area contributed by atoms with Gasteiger partial charge < -0.3 is 34.0 Å². The first-order valence-corrected chi connectivity index (χ1v) is 20.5. The van der Waals surface area contributed by atoms with Crippen molar-refractivity contribution in [3.8, 4) is 28.4 Å². The normalized spacial score (nSPS) is 16.1. The fourth-order valence-corrected chi connectivity index (χ4v) is 8.21. The van der Waals surface area contributed by atoms with Gasteiger partial charge in [0, 0.05) is 53.8 Å². The molecule has 2 aliphatic rings. The van der Waals surface area contributed by atoms with Crippen molar-refractivity contribution in [2.24, 2.45) is 0 Å². The van der Waals surface area contributed by atoms with Crippen LogP contribution >= 0.6 is 23.2 Å². The number of hydrogen-bond donors (Lipinski definition) is 2. The summed E-state index contributed by atoms with van der Waals surface area (Å²) in [5.74, 6) is -0.102. The molecular formula is C47H42Cl2N4O8. The molecule has 0 bridgehead atoms. The van der Waals surface area contributed by atoms with Crippen molar-refractivity contribution < 1.29 is 38.1 Å². The lowest BCUT2D eigenvalue weighted by Crippen LogP contribution is -2.56. The molecule has 14 heteroatoms. The van der Waals surface area contributed by atoms with Gasteiger partial charge in [-0.1, -0.05) is 65.7 Å². The van der Waals surface area contributed by atoms with E-state index in [4.69, 9.17) is 41.8 Å². The number of oxazole rings is 1. The molecule has 0 saturated carbocycles. The van der Waals surface area contributed by atoms with E-state index in [1.807, 2.05) is 80.6 Å². The van der Waals surface area contributed by atoms with Crippen molar-refractivity contribution in [2.75, 3.05) is 6.61 Å². The Labute approximate surface area is 362 Å². The van der Waals surface area contributed by atoms with Crippen LogP contribution < -0.4 is 19.5 Å². The number of carbonyl (C=O) groups excluding carboxylic acids is 2. The Bertz CT molecular complexity index is 2630. The molecule has 2 amide bonds. The SMILES string of the molecule is Cc1nc(C(=O)N2Cc3cc4c(cc3C[C@H]2C(=O)NC(Cc2ccc(-c3ccnc(C)c3C)cc2)C(=O)O)OC[C@H](c2ccc(OCc3c(Cl)cccc3Cl)cc2)O4)c(C)o1. The summed E-state index contributed by atoms with van der Waals surface area (Å²) in [5, 5.41) is 14.1. The van der Waals surface area contributed by atoms with Gasteiger partial charge in [0.15, 0.2) is 29.2 Å². The van der Waals surface area contributed by atoms with Gasteiger partial charge >= 0.3 is 5.97 Å². The first kappa shape index (κ1) is 41.4. The maximum Gasteiger partial charge on any atom is 0.326 e. The fourth-order valence-electron chi connectivity index (χ4n) is 7.71. The predicted molar refractivity (Wildman–Crippen MR) is 228 cm³/mol. The number of halogens is 2. The Kier molecular flexibility index (Phi) is 11.7. The number of aromatic nitrogens is 2. The van der Waals surface area contributed by atoms with Gasteiger partial charge in [0.25, 0.3) is 5.91 Å². The Morgan fingerprint density at radius 2 is 1.66 bits per heavy atom. The van der Waals surface area contributed by atoms with Crippen LogP contribution in [0.15, 0.2) is 95.5 Å². The number of rotatable bonds is 11. The number of aliphatic carboxylic acids is 1. The van der Waals surface area contributed by atoms with Crippen molar-refractivity contribution in [3.05, 3.63) is 158 Å². The maximum atomic E-state index is 14.2. The molecule has 0 spiro atoms. The number of fused-ring (bicyclic) bond motifs is 2. The third-order valence-electron chi connectivity index (χ3n) is 11.2. The highest BCUT2D eigenvalue weighted by atomic mass is 35.5. The number of nitrogens with zero attached hydrogens (tertiary/aromatic N) is 3. The molecule has 12 nitrogen and oxygen atoms in total. The molecule has 0 fully saturated rings. The topological polar surface area (TPSA) is 153 Å². The zero-order chi connectivity index (χ0) is 42.9. The molecule has 0 saturated heterocycles. The quantitative estimate of drug-likeness (QED) is 0.129. The van der Waals surface area contributed by atoms with Crippen LogP contribution in [0.4, 0.5) is 0 Å². The molecule has 1 unspecified atom stereocenters. The summed E-state index contributed by atoms with van der Waals surface area (Å²) in [6, 6.07) is 23.6. The van der Waals surface area contributed by atoms with Crippen LogP contribution in [0.1, 0.15) is 67.3 Å². The van der Waals surface area contributed by atoms with Crippen molar-refractivity contribution in [1.82, 2.24) is 20.2 Å². The molecule has 0 aliphatic carbocycles. The minimum Gasteiger partial charge on any atom is -0.489 e. The van der Waals surface area contributed by atoms with E-state index in [0.29, 0.717) is 44.5 Å². The second kappa shape index (κ2) is 17.3. The average Bonchev–Trinajstić information content (AvgIpc) is 3.60. The zero-order valence-corrected chi connectivity index (χ0v) is 35.3. The lowest BCUT2D eigenvalue weighted by Gasteiger charge is -2.37. The number of carbonyl (C=O) groups is 3. The van der Waals surface area contributed by atoms with Gasteiger partial charge in [0.05, 0.1) is 0 Å². The lowest BCUT2D eigenvalue weighted by molar-refractivity contribution is -0.142. The standard InChI is InChI=1S/C47H42Cl2N4O8/c1-25-26(2)50-17-16-35(25)30-10-8-29(9-11-30)18-39(47(56)57)52-45(54)40-19-32-20-41-42(21-33(32)22-53(40)46(55)44-27(3)60-28(4)51-44)61-43(24-59-41)31-12-14-34(15-13-31)58-23-36-37(48)6-5-7-38(36)49/h5-17,20-21,39-40,43H,18-19,22-24H2,1-4H3,(H,52,54)(H,56,57)/t39?,40-,43+/m0/s1. The number of pyridine rings is 1. The van der Waals surface area contributed by atoms with Crippen LogP contribution in [0.5, 0.6) is 17.2 Å². The van der Waals surface area contributed by atoms with Gasteiger partial charge in [-0.05, 0) is 102 Å². The van der Waals surface area contributed by atoms with Crippen LogP contribution in [0, 0.1) is 27.7 Å². The van der Waals surface area contributed by atoms with Crippen LogP contribution in [-0.4, -0.2) is 56.4 Å². The van der Waals surface area contributed by atoms with Crippen LogP contribution in [-0.2, 0) is 35.6 Å². The van der Waals surface area contributed by atoms with Gasteiger partial charge in [-0.2, -0.15) is 0 Å². The van der Waals surface area contributed by atoms with E-state index in [1.165, 1.54) is 4.90 Å². The number of carboxylic acid groups (broad SMARTS) is 1. The largest absolute Gasteiger partial charge is 0.489 e. The van der Waals surface area contributed by atoms with E-state index in [0.717, 1.165) is 44.6 Å². The number of hydrogen-bond acceptors (Lipinski definition) is 9. The Morgan fingerprint density at radius 1 is 0.934 bits per heavy atom. The van der Waals surface area contributed by atoms with E-state index in [-0.39, 0.29) is 38.3 Å². The summed E-state index contributed by atoms with van der Waals surface area (Å²) in [7, 11) is 0. The summed E-state index contributed by atoms with van der Waals surface area (Å²) in [4.78, 5) is 51.1. The molecule has 2 aromatic heterocycles. The first-order valence-electron chi connectivity index (χ1n) is 19.7. The minimum atomic E-state index is -1.27. The Hall–Kier alpha value is -6.37. The number of carboxylic acids is 1. The third-order valence-corrected chi connectivity index (χ3v) is 11.9. The molecular weight excluding hydrogens is 819 g/mol. The second-order valence-corrected chi connectivity index (χ2v) is 16.0. The zero-order valence-electron chi connectivity index (χ0n) is 33.8. The monoisotopic (exact) mass is 860 g/mol. The van der Waals surface area contributed by atoms with Crippen molar-refractivity contribution in [2.45, 2.75) is 71.9 Å². The molecule has 0 radical (unpaired) electrons. The molecule has 3 atom stereocenters. The molecule has 6 aromatic rings. The third kappa shape index (κ3) is 8.78. The van der Waals surface area contributed by atoms with E-state index in [2.05, 4.69) is 15.3 Å². The van der Waals surface area contributed by atoms with Crippen molar-refractivity contribution >= 4 is 41.0 Å². The summed E-state index contributed by atoms with van der Waals surface area (Å²) in [6.45, 7) is 7.69. The first-order chi connectivity index (χ1) is 29.3. The molecule has 2 N–H and O–H groups in total. The van der Waals surface area contributed by atoms with E-state index in [1.54, 1.807) is 38.2 Å². The Balaban J connectivity index is 0.998. The molecule has 61 heavy (non-hydrogen) atoms. The van der Waals surface area contributed by atoms with Crippen molar-refractivity contribution in [1.29, 1.82) is 0 Å². The summed E-state index contributed by atoms with van der Waals surface area (Å²) in [5.41, 5.74) is 7.87. The number of ether oxygens (including phenoxy) is 3. The van der Waals surface area contributed by atoms with E-state index < -0.39 is 36.0 Å². The highest BCUT2D eigenvalue weighted by Gasteiger charge is 2.39. The number of amides is 2. The van der Waals surface area contributed by atoms with E-state index in [9.17, 15) is 19.5 Å². The molecule has 4 heterocycles. The maximum absolute atomic E-state index is 14.2. The van der Waals surface area contributed by atoms with Crippen LogP contribution in [0.2, 0.25) is 10.0 Å². The molecule has 312 valence electrons. The van der Waals surface area contributed by atoms with Gasteiger partial charge in [0.1, 0.15) is 36.8 Å². The van der Waals surface area contributed by atoms with E-state index >= 15 is 0 Å². The van der Waals surface area contributed by atoms with Crippen LogP contribution in [0.3, 0.4) is 0 Å². The van der Waals surface area contributed by atoms with Gasteiger partial charge in [0.2, 0.25) is 5.91 Å². The van der Waals surface area contributed by atoms with Crippen LogP contribution in [0.25, 0.3) is 11.1 Å². The molecule has 4 aromatic carbocycles. The van der Waals surface area contributed by atoms with Gasteiger partial charge in [-0.15, -0.1) is 0 Å². The van der Waals surface area contributed by atoms with Crippen molar-refractivity contribution in [3.63, 3.8) is 0 Å². The lowest BCUT2D eigenvalue weighted by atomic mass is 9.91. The Morgan fingerprint density at radius 3 is 2.34 bits per heavy atom. The summed E-state index contributed by atoms with van der Waals surface area (Å²) >= 11 is 12.6. The highest BCUT2D eigenvalue weighted by Crippen LogP contribution is 2.41. The van der Waals surface area contributed by atoms with Gasteiger partial charge in [-0.3, -0.25) is 14.6 Å². The summed E-state index contributed by atoms with van der Waals surface area (Å²) in [6.07, 6.45) is 1.44. The average molecular weight is 862 g/mol. The predicted octanol–water partition coefficient (Wildman–Crippen LogP) is 8.75. The molecule has 2 aliphatic heterocycles. The highest BCUT2D eigenvalue weighted by molar-refractivity contribution is 6.35. The smallest absolute Gasteiger partial charge is 0.326 e. The number of benzene rings is 4. The summed E-state index contributed by atoms with van der Waals surface area (Å²) < 4.78 is 24.2. The number of aryl methyl sites for hydroxylation is 3.